The zero-order chi connectivity index (χ0) is 12.7. The van der Waals surface area contributed by atoms with Crippen LogP contribution in [-0.2, 0) is 5.75 Å². The Hall–Kier alpha value is -1.56. The molecule has 1 heterocycles. The van der Waals surface area contributed by atoms with Gasteiger partial charge in [-0.25, -0.2) is 9.78 Å². The van der Waals surface area contributed by atoms with Gasteiger partial charge in [0.05, 0.1) is 5.69 Å². The highest BCUT2D eigenvalue weighted by Gasteiger charge is 2.09. The quantitative estimate of drug-likeness (QED) is 0.593. The molecule has 0 fully saturated rings. The maximum Gasteiger partial charge on any atom is 0.417 e. The third-order valence-corrected chi connectivity index (χ3v) is 2.69. The Morgan fingerprint density at radius 2 is 2.41 bits per heavy atom. The summed E-state index contributed by atoms with van der Waals surface area (Å²) in [4.78, 5) is 20.6. The lowest BCUT2D eigenvalue weighted by Crippen LogP contribution is -2.26. The van der Waals surface area contributed by atoms with Gasteiger partial charge in [-0.1, -0.05) is 6.08 Å². The van der Waals surface area contributed by atoms with Crippen LogP contribution in [0.25, 0.3) is 0 Å². The lowest BCUT2D eigenvalue weighted by atomic mass is 10.5. The predicted molar refractivity (Wildman–Crippen MR) is 68.1 cm³/mol. The molecule has 0 radical (unpaired) electrons. The molecule has 0 bridgehead atoms. The number of amides is 1. The summed E-state index contributed by atoms with van der Waals surface area (Å²) in [5.41, 5.74) is 0.827. The van der Waals surface area contributed by atoms with E-state index in [9.17, 15) is 4.79 Å². The molecular formula is C11H15N3O2S. The fraction of sp³-hybridized carbons (Fsp3) is 0.364. The van der Waals surface area contributed by atoms with Crippen molar-refractivity contribution in [2.24, 2.45) is 0 Å². The van der Waals surface area contributed by atoms with E-state index in [0.717, 1.165) is 17.2 Å². The second-order valence-electron chi connectivity index (χ2n) is 3.40. The zero-order valence-corrected chi connectivity index (χ0v) is 10.7. The molecule has 5 nitrogen and oxygen atoms in total. The van der Waals surface area contributed by atoms with Gasteiger partial charge in [0, 0.05) is 31.8 Å². The van der Waals surface area contributed by atoms with E-state index in [4.69, 9.17) is 4.74 Å². The van der Waals surface area contributed by atoms with Gasteiger partial charge >= 0.3 is 12.1 Å². The van der Waals surface area contributed by atoms with Gasteiger partial charge in [-0.2, -0.15) is 16.7 Å². The molecule has 6 heteroatoms. The Bertz CT molecular complexity index is 396. The van der Waals surface area contributed by atoms with Crippen LogP contribution >= 0.6 is 11.8 Å². The maximum absolute atomic E-state index is 11.3. The summed E-state index contributed by atoms with van der Waals surface area (Å²) in [7, 11) is 3.21. The summed E-state index contributed by atoms with van der Waals surface area (Å²) in [5, 5.41) is 0. The van der Waals surface area contributed by atoms with E-state index in [0.29, 0.717) is 0 Å². The van der Waals surface area contributed by atoms with Gasteiger partial charge in [-0.3, -0.25) is 0 Å². The van der Waals surface area contributed by atoms with Crippen molar-refractivity contribution in [3.63, 3.8) is 0 Å². The third kappa shape index (κ3) is 4.86. The fourth-order valence-electron chi connectivity index (χ4n) is 0.922. The number of thioether (sulfide) groups is 1. The van der Waals surface area contributed by atoms with Crippen molar-refractivity contribution < 1.29 is 9.53 Å². The van der Waals surface area contributed by atoms with Crippen molar-refractivity contribution >= 4 is 17.9 Å². The Kier molecular flexibility index (Phi) is 5.48. The molecule has 0 N–H and O–H groups in total. The zero-order valence-electron chi connectivity index (χ0n) is 9.92. The summed E-state index contributed by atoms with van der Waals surface area (Å²) in [6.45, 7) is 3.64. The Labute approximate surface area is 105 Å². The fourth-order valence-corrected chi connectivity index (χ4v) is 1.58. The highest BCUT2D eigenvalue weighted by molar-refractivity contribution is 7.98. The Morgan fingerprint density at radius 1 is 1.65 bits per heavy atom. The first-order chi connectivity index (χ1) is 8.13. The van der Waals surface area contributed by atoms with Gasteiger partial charge in [0.25, 0.3) is 0 Å². The molecule has 0 aliphatic heterocycles. The van der Waals surface area contributed by atoms with Gasteiger partial charge in [0.15, 0.2) is 0 Å². The molecule has 1 amide bonds. The normalized spacial score (nSPS) is 9.76. The summed E-state index contributed by atoms with van der Waals surface area (Å²) in [6.07, 6.45) is 2.93. The molecule has 92 valence electrons. The van der Waals surface area contributed by atoms with E-state index >= 15 is 0 Å². The molecule has 0 unspecified atom stereocenters. The van der Waals surface area contributed by atoms with Crippen LogP contribution in [0, 0.1) is 0 Å². The van der Waals surface area contributed by atoms with Crippen LogP contribution in [0.4, 0.5) is 4.79 Å². The number of hydrogen-bond donors (Lipinski definition) is 0. The van der Waals surface area contributed by atoms with E-state index in [2.05, 4.69) is 16.5 Å². The molecule has 0 atom stereocenters. The minimum Gasteiger partial charge on any atom is -0.374 e. The number of carbonyl (C=O) groups is 1. The molecule has 0 saturated carbocycles. The second kappa shape index (κ2) is 6.90. The van der Waals surface area contributed by atoms with E-state index in [1.165, 1.54) is 4.90 Å². The van der Waals surface area contributed by atoms with E-state index in [1.807, 2.05) is 6.08 Å². The molecule has 0 aliphatic carbocycles. The number of aromatic nitrogens is 2. The molecule has 0 saturated heterocycles. The molecule has 1 rings (SSSR count). The average Bonchev–Trinajstić information content (AvgIpc) is 2.30. The van der Waals surface area contributed by atoms with Gasteiger partial charge < -0.3 is 9.64 Å². The van der Waals surface area contributed by atoms with Gasteiger partial charge in [0.1, 0.15) is 0 Å². The lowest BCUT2D eigenvalue weighted by Gasteiger charge is -2.09. The summed E-state index contributed by atoms with van der Waals surface area (Å²) >= 11 is 1.68. The van der Waals surface area contributed by atoms with Crippen molar-refractivity contribution in [3.05, 3.63) is 30.6 Å². The molecule has 17 heavy (non-hydrogen) atoms. The third-order valence-electron chi connectivity index (χ3n) is 1.72. The summed E-state index contributed by atoms with van der Waals surface area (Å²) in [6, 6.07) is 1.88. The van der Waals surface area contributed by atoms with Crippen molar-refractivity contribution in [1.29, 1.82) is 0 Å². The minimum atomic E-state index is -0.485. The first kappa shape index (κ1) is 13.5. The first-order valence-corrected chi connectivity index (χ1v) is 6.18. The van der Waals surface area contributed by atoms with Crippen LogP contribution in [0.3, 0.4) is 0 Å². The van der Waals surface area contributed by atoms with E-state index < -0.39 is 6.09 Å². The standard InChI is InChI=1S/C11H15N3O2S/c1-4-7-17-8-9-5-6-12-10(13-9)16-11(15)14(2)3/h4-6H,1,7-8H2,2-3H3. The van der Waals surface area contributed by atoms with E-state index in [1.54, 1.807) is 38.1 Å². The molecule has 1 aromatic rings. The van der Waals surface area contributed by atoms with Crippen molar-refractivity contribution in [2.45, 2.75) is 5.75 Å². The predicted octanol–water partition coefficient (Wildman–Crippen LogP) is 1.96. The number of ether oxygens (including phenoxy) is 1. The number of rotatable bonds is 5. The lowest BCUT2D eigenvalue weighted by molar-refractivity contribution is 0.167. The largest absolute Gasteiger partial charge is 0.417 e. The SMILES string of the molecule is C=CCSCc1ccnc(OC(=O)N(C)C)n1. The summed E-state index contributed by atoms with van der Waals surface area (Å²) < 4.78 is 4.96. The highest BCUT2D eigenvalue weighted by atomic mass is 32.2. The monoisotopic (exact) mass is 253 g/mol. The number of carbonyl (C=O) groups excluding carboxylic acids is 1. The smallest absolute Gasteiger partial charge is 0.374 e. The molecule has 1 aromatic heterocycles. The topological polar surface area (TPSA) is 55.3 Å². The molecule has 0 aromatic carbocycles. The van der Waals surface area contributed by atoms with Crippen molar-refractivity contribution in [1.82, 2.24) is 14.9 Å². The molecule has 0 spiro atoms. The van der Waals surface area contributed by atoms with Crippen LogP contribution in [0.1, 0.15) is 5.69 Å². The van der Waals surface area contributed by atoms with Crippen LogP contribution < -0.4 is 4.74 Å². The maximum atomic E-state index is 11.3. The van der Waals surface area contributed by atoms with Crippen LogP contribution in [0.15, 0.2) is 24.9 Å². The van der Waals surface area contributed by atoms with Gasteiger partial charge in [0.2, 0.25) is 0 Å². The van der Waals surface area contributed by atoms with Crippen LogP contribution in [0.2, 0.25) is 0 Å². The van der Waals surface area contributed by atoms with Gasteiger partial charge in [-0.15, -0.1) is 6.58 Å². The molecule has 0 aliphatic rings. The van der Waals surface area contributed by atoms with Gasteiger partial charge in [-0.05, 0) is 6.07 Å². The van der Waals surface area contributed by atoms with Crippen LogP contribution in [-0.4, -0.2) is 40.8 Å². The Morgan fingerprint density at radius 3 is 3.06 bits per heavy atom. The van der Waals surface area contributed by atoms with Crippen molar-refractivity contribution in [3.8, 4) is 6.01 Å². The minimum absolute atomic E-state index is 0.0837. The number of nitrogens with zero attached hydrogens (tertiary/aromatic N) is 3. The van der Waals surface area contributed by atoms with Crippen molar-refractivity contribution in [2.75, 3.05) is 19.8 Å². The Balaban J connectivity index is 2.59. The average molecular weight is 253 g/mol. The second-order valence-corrected chi connectivity index (χ2v) is 4.43. The van der Waals surface area contributed by atoms with E-state index in [-0.39, 0.29) is 6.01 Å². The number of hydrogen-bond acceptors (Lipinski definition) is 5. The molecular weight excluding hydrogens is 238 g/mol. The summed E-state index contributed by atoms with van der Waals surface area (Å²) in [5.74, 6) is 1.60. The highest BCUT2D eigenvalue weighted by Crippen LogP contribution is 2.12. The van der Waals surface area contributed by atoms with Crippen LogP contribution in [0.5, 0.6) is 6.01 Å². The first-order valence-electron chi connectivity index (χ1n) is 5.03.